The second kappa shape index (κ2) is 11.3. The van der Waals surface area contributed by atoms with E-state index in [0.717, 1.165) is 24.9 Å². The van der Waals surface area contributed by atoms with Gasteiger partial charge in [0.1, 0.15) is 29.8 Å². The van der Waals surface area contributed by atoms with Crippen LogP contribution < -0.4 is 0 Å². The third-order valence-electron chi connectivity index (χ3n) is 6.16. The van der Waals surface area contributed by atoms with E-state index >= 15 is 0 Å². The molecule has 2 aromatic rings. The fraction of sp³-hybridized carbons (Fsp3) is 0.423. The molecule has 0 unspecified atom stereocenters. The summed E-state index contributed by atoms with van der Waals surface area (Å²) in [7, 11) is 0. The van der Waals surface area contributed by atoms with E-state index in [0.29, 0.717) is 29.7 Å². The lowest BCUT2D eigenvalue weighted by atomic mass is 9.98. The third kappa shape index (κ3) is 6.78. The Morgan fingerprint density at radius 1 is 1.24 bits per heavy atom. The van der Waals surface area contributed by atoms with Crippen molar-refractivity contribution in [3.8, 4) is 0 Å². The minimum atomic E-state index is -0.996. The standard InChI is InChI=1S/C26H31F2NO4/c1-17-8-9-19(14-25(17)28)13-20-5-4-12-29(20)15-21(30)16-33-18(2)22-6-3-7-24(27)23(22)10-11-26(31)32/h3,6-9,14,16,18,20,30H,4-5,10-13,15H2,1-2H3,(H,31,32)/b21-16-/t18-,20+/m1/s1. The zero-order valence-corrected chi connectivity index (χ0v) is 19.1. The van der Waals surface area contributed by atoms with Crippen molar-refractivity contribution in [2.75, 3.05) is 13.1 Å². The van der Waals surface area contributed by atoms with Gasteiger partial charge in [0.25, 0.3) is 0 Å². The molecule has 1 aliphatic rings. The molecule has 2 aromatic carbocycles. The van der Waals surface area contributed by atoms with Crippen LogP contribution in [0.25, 0.3) is 0 Å². The van der Waals surface area contributed by atoms with Crippen molar-refractivity contribution >= 4 is 5.97 Å². The topological polar surface area (TPSA) is 70.0 Å². The number of ether oxygens (including phenoxy) is 1. The van der Waals surface area contributed by atoms with Gasteiger partial charge in [-0.3, -0.25) is 9.69 Å². The van der Waals surface area contributed by atoms with E-state index in [4.69, 9.17) is 9.84 Å². The Balaban J connectivity index is 1.61. The molecule has 0 saturated carbocycles. The molecule has 3 rings (SSSR count). The molecule has 0 spiro atoms. The fourth-order valence-corrected chi connectivity index (χ4v) is 4.32. The van der Waals surface area contributed by atoms with Gasteiger partial charge in [0.15, 0.2) is 0 Å². The number of hydrogen-bond acceptors (Lipinski definition) is 4. The molecular formula is C26H31F2NO4. The van der Waals surface area contributed by atoms with Crippen molar-refractivity contribution in [2.24, 2.45) is 0 Å². The van der Waals surface area contributed by atoms with Crippen molar-refractivity contribution in [3.05, 3.63) is 82.3 Å². The van der Waals surface area contributed by atoms with E-state index in [-0.39, 0.29) is 30.5 Å². The molecule has 33 heavy (non-hydrogen) atoms. The van der Waals surface area contributed by atoms with Gasteiger partial charge in [-0.25, -0.2) is 8.78 Å². The maximum Gasteiger partial charge on any atom is 0.303 e. The smallest absolute Gasteiger partial charge is 0.303 e. The number of carboxylic acids is 1. The van der Waals surface area contributed by atoms with Gasteiger partial charge < -0.3 is 14.9 Å². The van der Waals surface area contributed by atoms with Crippen LogP contribution in [0.1, 0.15) is 54.5 Å². The lowest BCUT2D eigenvalue weighted by molar-refractivity contribution is -0.136. The van der Waals surface area contributed by atoms with Gasteiger partial charge in [0.05, 0.1) is 6.54 Å². The van der Waals surface area contributed by atoms with E-state index < -0.39 is 17.9 Å². The van der Waals surface area contributed by atoms with Crippen LogP contribution in [-0.2, 0) is 22.4 Å². The normalized spacial score (nSPS) is 17.8. The summed E-state index contributed by atoms with van der Waals surface area (Å²) in [6.07, 6.45) is 3.28. The maximum absolute atomic E-state index is 14.3. The highest BCUT2D eigenvalue weighted by atomic mass is 19.1. The maximum atomic E-state index is 14.3. The van der Waals surface area contributed by atoms with Crippen LogP contribution in [0.4, 0.5) is 8.78 Å². The first-order valence-electron chi connectivity index (χ1n) is 11.3. The number of carboxylic acid groups (broad SMARTS) is 1. The number of benzene rings is 2. The molecule has 0 amide bonds. The highest BCUT2D eigenvalue weighted by molar-refractivity contribution is 5.67. The minimum Gasteiger partial charge on any atom is -0.508 e. The molecule has 1 aliphatic heterocycles. The minimum absolute atomic E-state index is 0.0484. The molecule has 0 aliphatic carbocycles. The summed E-state index contributed by atoms with van der Waals surface area (Å²) in [6, 6.07) is 10.1. The van der Waals surface area contributed by atoms with Crippen LogP contribution in [0.5, 0.6) is 0 Å². The number of halogens is 2. The van der Waals surface area contributed by atoms with Crippen LogP contribution in [0.3, 0.4) is 0 Å². The first kappa shape index (κ1) is 24.7. The average molecular weight is 460 g/mol. The Bertz CT molecular complexity index is 1010. The van der Waals surface area contributed by atoms with E-state index in [2.05, 4.69) is 4.90 Å². The van der Waals surface area contributed by atoms with Gasteiger partial charge in [-0.15, -0.1) is 0 Å². The molecule has 1 saturated heterocycles. The molecular weight excluding hydrogens is 428 g/mol. The van der Waals surface area contributed by atoms with Gasteiger partial charge >= 0.3 is 5.97 Å². The second-order valence-electron chi connectivity index (χ2n) is 8.64. The molecule has 0 radical (unpaired) electrons. The molecule has 2 N–H and O–H groups in total. The highest BCUT2D eigenvalue weighted by Gasteiger charge is 2.26. The van der Waals surface area contributed by atoms with Crippen molar-refractivity contribution in [1.29, 1.82) is 0 Å². The van der Waals surface area contributed by atoms with Gasteiger partial charge in [-0.05, 0) is 80.5 Å². The second-order valence-corrected chi connectivity index (χ2v) is 8.64. The molecule has 5 nitrogen and oxygen atoms in total. The monoisotopic (exact) mass is 459 g/mol. The Morgan fingerprint density at radius 3 is 2.76 bits per heavy atom. The van der Waals surface area contributed by atoms with E-state index in [1.807, 2.05) is 6.07 Å². The Labute approximate surface area is 193 Å². The largest absolute Gasteiger partial charge is 0.508 e. The third-order valence-corrected chi connectivity index (χ3v) is 6.16. The van der Waals surface area contributed by atoms with E-state index in [1.54, 1.807) is 38.1 Å². The zero-order chi connectivity index (χ0) is 24.0. The van der Waals surface area contributed by atoms with E-state index in [9.17, 15) is 18.7 Å². The van der Waals surface area contributed by atoms with Crippen LogP contribution in [0.2, 0.25) is 0 Å². The number of rotatable bonds is 10. The van der Waals surface area contributed by atoms with Crippen LogP contribution in [0.15, 0.2) is 48.4 Å². The number of nitrogens with zero attached hydrogens (tertiary/aromatic N) is 1. The van der Waals surface area contributed by atoms with Crippen LogP contribution in [0, 0.1) is 18.6 Å². The van der Waals surface area contributed by atoms with Crippen molar-refractivity contribution in [2.45, 2.75) is 58.1 Å². The van der Waals surface area contributed by atoms with Crippen LogP contribution >= 0.6 is 0 Å². The summed E-state index contributed by atoms with van der Waals surface area (Å²) in [6.45, 7) is 4.60. The average Bonchev–Trinajstić information content (AvgIpc) is 3.19. The summed E-state index contributed by atoms with van der Waals surface area (Å²) in [5.41, 5.74) is 2.42. The molecule has 2 atom stereocenters. The summed E-state index contributed by atoms with van der Waals surface area (Å²) in [5.74, 6) is -1.62. The van der Waals surface area contributed by atoms with Crippen molar-refractivity contribution < 1.29 is 28.5 Å². The van der Waals surface area contributed by atoms with Crippen LogP contribution in [-0.4, -0.2) is 40.2 Å². The predicted octanol–water partition coefficient (Wildman–Crippen LogP) is 5.47. The zero-order valence-electron chi connectivity index (χ0n) is 19.1. The van der Waals surface area contributed by atoms with E-state index in [1.165, 1.54) is 12.3 Å². The highest BCUT2D eigenvalue weighted by Crippen LogP contribution is 2.26. The molecule has 178 valence electrons. The predicted molar refractivity (Wildman–Crippen MR) is 122 cm³/mol. The molecule has 0 aromatic heterocycles. The molecule has 1 heterocycles. The van der Waals surface area contributed by atoms with Gasteiger partial charge in [0, 0.05) is 12.5 Å². The summed E-state index contributed by atoms with van der Waals surface area (Å²) in [4.78, 5) is 13.0. The van der Waals surface area contributed by atoms with Crippen molar-refractivity contribution in [1.82, 2.24) is 4.90 Å². The quantitative estimate of drug-likeness (QED) is 0.461. The fourth-order valence-electron chi connectivity index (χ4n) is 4.32. The summed E-state index contributed by atoms with van der Waals surface area (Å²) < 4.78 is 33.8. The Kier molecular flexibility index (Phi) is 8.44. The summed E-state index contributed by atoms with van der Waals surface area (Å²) in [5, 5.41) is 19.4. The number of hydrogen-bond donors (Lipinski definition) is 2. The first-order valence-corrected chi connectivity index (χ1v) is 11.3. The van der Waals surface area contributed by atoms with Gasteiger partial charge in [-0.2, -0.15) is 0 Å². The first-order chi connectivity index (χ1) is 15.7. The Morgan fingerprint density at radius 2 is 2.03 bits per heavy atom. The van der Waals surface area contributed by atoms with Gasteiger partial charge in [0.2, 0.25) is 0 Å². The van der Waals surface area contributed by atoms with Gasteiger partial charge in [-0.1, -0.05) is 24.3 Å². The lowest BCUT2D eigenvalue weighted by Crippen LogP contribution is -2.33. The number of likely N-dealkylation sites (tertiary alicyclic amines) is 1. The number of aliphatic hydroxyl groups is 1. The number of aryl methyl sites for hydroxylation is 1. The molecule has 0 bridgehead atoms. The number of aliphatic hydroxyl groups excluding tert-OH is 1. The number of aliphatic carboxylic acids is 1. The lowest BCUT2D eigenvalue weighted by Gasteiger charge is -2.24. The number of carbonyl (C=O) groups is 1. The van der Waals surface area contributed by atoms with Crippen molar-refractivity contribution in [3.63, 3.8) is 0 Å². The summed E-state index contributed by atoms with van der Waals surface area (Å²) >= 11 is 0. The molecule has 7 heteroatoms. The molecule has 1 fully saturated rings. The Hall–Kier alpha value is -2.93. The SMILES string of the molecule is Cc1ccc(C[C@@H]2CCCN2C/C(O)=C/O[C@H](C)c2cccc(F)c2CCC(=O)O)cc1F.